The molecule has 7 heteroatoms. The first kappa shape index (κ1) is 21.7. The van der Waals surface area contributed by atoms with Gasteiger partial charge in [-0.05, 0) is 40.5 Å². The van der Waals surface area contributed by atoms with Crippen molar-refractivity contribution >= 4 is 12.0 Å². The van der Waals surface area contributed by atoms with Crippen LogP contribution in [0, 0.1) is 0 Å². The van der Waals surface area contributed by atoms with E-state index in [1.165, 1.54) is 0 Å². The van der Waals surface area contributed by atoms with E-state index in [4.69, 9.17) is 9.47 Å². The van der Waals surface area contributed by atoms with E-state index >= 15 is 0 Å². The normalized spacial score (nSPS) is 14.0. The van der Waals surface area contributed by atoms with Crippen molar-refractivity contribution in [2.45, 2.75) is 58.2 Å². The fourth-order valence-electron chi connectivity index (χ4n) is 2.08. The van der Waals surface area contributed by atoms with Gasteiger partial charge >= 0.3 is 6.09 Å². The fraction of sp³-hybridized carbons (Fsp3) is 0.875. The molecule has 2 atom stereocenters. The average molecular weight is 331 g/mol. The van der Waals surface area contributed by atoms with Gasteiger partial charge < -0.3 is 25.0 Å². The smallest absolute Gasteiger partial charge is 0.407 e. The van der Waals surface area contributed by atoms with E-state index in [-0.39, 0.29) is 18.0 Å². The second kappa shape index (κ2) is 10.4. The third-order valence-electron chi connectivity index (χ3n) is 3.06. The first-order chi connectivity index (χ1) is 10.6. The molecule has 23 heavy (non-hydrogen) atoms. The summed E-state index contributed by atoms with van der Waals surface area (Å²) in [6.45, 7) is 8.35. The second-order valence-electron chi connectivity index (χ2n) is 6.84. The third kappa shape index (κ3) is 10.9. The number of carbonyl (C=O) groups excluding carboxylic acids is 2. The molecule has 0 spiro atoms. The van der Waals surface area contributed by atoms with Gasteiger partial charge in [-0.25, -0.2) is 4.79 Å². The molecule has 0 aliphatic rings. The predicted octanol–water partition coefficient (Wildman–Crippen LogP) is 1.37. The summed E-state index contributed by atoms with van der Waals surface area (Å²) >= 11 is 0. The molecular weight excluding hydrogens is 298 g/mol. The number of amides is 2. The lowest BCUT2D eigenvalue weighted by Gasteiger charge is -2.24. The Bertz CT molecular complexity index is 367. The molecule has 2 amide bonds. The van der Waals surface area contributed by atoms with Gasteiger partial charge in [0.15, 0.2) is 0 Å². The largest absolute Gasteiger partial charge is 0.444 e. The highest BCUT2D eigenvalue weighted by atomic mass is 16.6. The van der Waals surface area contributed by atoms with E-state index in [9.17, 15) is 9.59 Å². The van der Waals surface area contributed by atoms with Crippen molar-refractivity contribution in [2.24, 2.45) is 0 Å². The molecule has 0 bridgehead atoms. The van der Waals surface area contributed by atoms with Gasteiger partial charge in [-0.1, -0.05) is 0 Å². The van der Waals surface area contributed by atoms with Crippen molar-refractivity contribution in [2.75, 3.05) is 34.4 Å². The van der Waals surface area contributed by atoms with E-state index in [2.05, 4.69) is 10.6 Å². The molecule has 0 aromatic heterocycles. The maximum Gasteiger partial charge on any atom is 0.407 e. The molecule has 0 heterocycles. The summed E-state index contributed by atoms with van der Waals surface area (Å²) in [5.74, 6) is 0.0259. The van der Waals surface area contributed by atoms with Crippen LogP contribution in [0.3, 0.4) is 0 Å². The molecule has 0 radical (unpaired) electrons. The summed E-state index contributed by atoms with van der Waals surface area (Å²) in [5, 5.41) is 5.99. The molecule has 0 saturated carbocycles. The number of alkyl carbamates (subject to hydrolysis) is 1. The number of carbonyl (C=O) groups is 2. The number of likely N-dealkylation sites (N-methyl/N-ethyl adjacent to an activating group) is 1. The molecule has 0 aromatic rings. The lowest BCUT2D eigenvalue weighted by Crippen LogP contribution is -2.47. The zero-order valence-corrected chi connectivity index (χ0v) is 15.6. The van der Waals surface area contributed by atoms with Crippen molar-refractivity contribution in [3.8, 4) is 0 Å². The van der Waals surface area contributed by atoms with Crippen LogP contribution in [0.25, 0.3) is 0 Å². The van der Waals surface area contributed by atoms with E-state index in [1.807, 2.05) is 27.7 Å². The van der Waals surface area contributed by atoms with Crippen molar-refractivity contribution < 1.29 is 19.1 Å². The van der Waals surface area contributed by atoms with Gasteiger partial charge in [0, 0.05) is 33.8 Å². The summed E-state index contributed by atoms with van der Waals surface area (Å²) in [5.41, 5.74) is -0.494. The quantitative estimate of drug-likeness (QED) is 0.624. The molecular formula is C16H33N3O4. The van der Waals surface area contributed by atoms with Crippen LogP contribution < -0.4 is 10.6 Å². The standard InChI is InChI=1S/C16H33N3O4/c1-12(14(20)19(5)6)18-13(11-22-7)9-8-10-17-15(21)23-16(2,3)4/h12-13,18H,8-11H2,1-7H3,(H,17,21). The minimum Gasteiger partial charge on any atom is -0.444 e. The van der Waals surface area contributed by atoms with E-state index in [0.29, 0.717) is 13.2 Å². The number of hydrogen-bond donors (Lipinski definition) is 2. The van der Waals surface area contributed by atoms with Gasteiger partial charge in [0.1, 0.15) is 5.60 Å². The Labute approximate surface area is 140 Å². The summed E-state index contributed by atoms with van der Waals surface area (Å²) in [4.78, 5) is 25.0. The highest BCUT2D eigenvalue weighted by molar-refractivity contribution is 5.80. The van der Waals surface area contributed by atoms with Crippen LogP contribution in [0.1, 0.15) is 40.5 Å². The Balaban J connectivity index is 4.15. The van der Waals surface area contributed by atoms with Crippen LogP contribution in [0.2, 0.25) is 0 Å². The van der Waals surface area contributed by atoms with Gasteiger partial charge in [-0.2, -0.15) is 0 Å². The molecule has 0 fully saturated rings. The second-order valence-corrected chi connectivity index (χ2v) is 6.84. The molecule has 7 nitrogen and oxygen atoms in total. The average Bonchev–Trinajstić information content (AvgIpc) is 2.40. The van der Waals surface area contributed by atoms with E-state index in [1.54, 1.807) is 26.1 Å². The summed E-state index contributed by atoms with van der Waals surface area (Å²) in [7, 11) is 5.10. The Morgan fingerprint density at radius 3 is 2.30 bits per heavy atom. The number of nitrogens with zero attached hydrogens (tertiary/aromatic N) is 1. The summed E-state index contributed by atoms with van der Waals surface area (Å²) in [6, 6.07) is -0.219. The molecule has 0 saturated heterocycles. The van der Waals surface area contributed by atoms with Gasteiger partial charge in [0.25, 0.3) is 0 Å². The summed E-state index contributed by atoms with van der Waals surface area (Å²) in [6.07, 6.45) is 1.14. The lowest BCUT2D eigenvalue weighted by molar-refractivity contribution is -0.130. The number of methoxy groups -OCH3 is 1. The maximum atomic E-state index is 11.9. The number of rotatable bonds is 9. The highest BCUT2D eigenvalue weighted by Gasteiger charge is 2.19. The molecule has 136 valence electrons. The monoisotopic (exact) mass is 331 g/mol. The van der Waals surface area contributed by atoms with Crippen molar-refractivity contribution in [1.29, 1.82) is 0 Å². The first-order valence-electron chi connectivity index (χ1n) is 7.99. The summed E-state index contributed by atoms with van der Waals surface area (Å²) < 4.78 is 10.4. The van der Waals surface area contributed by atoms with E-state index < -0.39 is 11.7 Å². The zero-order chi connectivity index (χ0) is 18.0. The molecule has 2 N–H and O–H groups in total. The Morgan fingerprint density at radius 1 is 1.22 bits per heavy atom. The predicted molar refractivity (Wildman–Crippen MR) is 90.4 cm³/mol. The number of nitrogens with one attached hydrogen (secondary N) is 2. The van der Waals surface area contributed by atoms with Crippen molar-refractivity contribution in [1.82, 2.24) is 15.5 Å². The molecule has 2 unspecified atom stereocenters. The molecule has 0 aromatic carbocycles. The number of hydrogen-bond acceptors (Lipinski definition) is 5. The van der Waals surface area contributed by atoms with Crippen molar-refractivity contribution in [3.63, 3.8) is 0 Å². The van der Waals surface area contributed by atoms with Crippen LogP contribution in [0.4, 0.5) is 4.79 Å². The molecule has 0 rings (SSSR count). The highest BCUT2D eigenvalue weighted by Crippen LogP contribution is 2.06. The van der Waals surface area contributed by atoms with Crippen LogP contribution in [0.15, 0.2) is 0 Å². The zero-order valence-electron chi connectivity index (χ0n) is 15.6. The first-order valence-corrected chi connectivity index (χ1v) is 7.99. The topological polar surface area (TPSA) is 79.9 Å². The fourth-order valence-corrected chi connectivity index (χ4v) is 2.08. The van der Waals surface area contributed by atoms with Crippen LogP contribution in [-0.4, -0.2) is 68.9 Å². The van der Waals surface area contributed by atoms with Crippen LogP contribution in [0.5, 0.6) is 0 Å². The van der Waals surface area contributed by atoms with Crippen molar-refractivity contribution in [3.05, 3.63) is 0 Å². The van der Waals surface area contributed by atoms with Gasteiger partial charge in [0.05, 0.1) is 12.6 Å². The lowest BCUT2D eigenvalue weighted by atomic mass is 10.1. The van der Waals surface area contributed by atoms with Gasteiger partial charge in [-0.3, -0.25) is 4.79 Å². The van der Waals surface area contributed by atoms with E-state index in [0.717, 1.165) is 12.8 Å². The maximum absolute atomic E-state index is 11.9. The Hall–Kier alpha value is -1.34. The minimum atomic E-state index is -0.494. The van der Waals surface area contributed by atoms with Gasteiger partial charge in [-0.15, -0.1) is 0 Å². The number of ether oxygens (including phenoxy) is 2. The SMILES string of the molecule is COCC(CCCNC(=O)OC(C)(C)C)NC(C)C(=O)N(C)C. The van der Waals surface area contributed by atoms with Crippen LogP contribution >= 0.6 is 0 Å². The minimum absolute atomic E-state index is 0.0259. The Morgan fingerprint density at radius 2 is 1.83 bits per heavy atom. The van der Waals surface area contributed by atoms with Gasteiger partial charge in [0.2, 0.25) is 5.91 Å². The molecule has 0 aliphatic carbocycles. The molecule has 0 aliphatic heterocycles. The van der Waals surface area contributed by atoms with Crippen LogP contribution in [-0.2, 0) is 14.3 Å². The third-order valence-corrected chi connectivity index (χ3v) is 3.06. The Kier molecular flexibility index (Phi) is 9.83.